The molecule has 0 amide bonds. The third-order valence-electron chi connectivity index (χ3n) is 4.49. The molecule has 2 nitrogen and oxygen atoms in total. The fourth-order valence-corrected chi connectivity index (χ4v) is 3.24. The van der Waals surface area contributed by atoms with Crippen LogP contribution >= 0.6 is 0 Å². The molecular weight excluding hydrogens is 241 g/mol. The molecular formula is C13H23F3N2. The summed E-state index contributed by atoms with van der Waals surface area (Å²) in [6.07, 6.45) is 2.15. The fraction of sp³-hybridized carbons (Fsp3) is 1.00. The molecule has 106 valence electrons. The van der Waals surface area contributed by atoms with Crippen molar-refractivity contribution in [1.82, 2.24) is 4.90 Å². The van der Waals surface area contributed by atoms with Gasteiger partial charge >= 0.3 is 6.18 Å². The van der Waals surface area contributed by atoms with Crippen molar-refractivity contribution in [1.29, 1.82) is 0 Å². The monoisotopic (exact) mass is 264 g/mol. The number of hydrogen-bond acceptors (Lipinski definition) is 2. The SMILES string of the molecule is NC1(CCN2CCCC(C(F)(F)F)C2)CCCC1. The van der Waals surface area contributed by atoms with Gasteiger partial charge in [0.1, 0.15) is 0 Å². The number of nitrogens with two attached hydrogens (primary N) is 1. The summed E-state index contributed by atoms with van der Waals surface area (Å²) in [6, 6.07) is 0. The van der Waals surface area contributed by atoms with E-state index in [2.05, 4.69) is 0 Å². The molecule has 1 aliphatic carbocycles. The Labute approximate surface area is 107 Å². The van der Waals surface area contributed by atoms with Crippen LogP contribution in [0.4, 0.5) is 13.2 Å². The summed E-state index contributed by atoms with van der Waals surface area (Å²) < 4.78 is 38.0. The average Bonchev–Trinajstić information content (AvgIpc) is 2.74. The van der Waals surface area contributed by atoms with Crippen LogP contribution in [0.25, 0.3) is 0 Å². The Morgan fingerprint density at radius 1 is 1.17 bits per heavy atom. The highest BCUT2D eigenvalue weighted by Gasteiger charge is 2.42. The molecule has 0 aromatic carbocycles. The largest absolute Gasteiger partial charge is 0.393 e. The standard InChI is InChI=1S/C13H23F3N2/c14-13(15,16)11-4-3-8-18(10-11)9-7-12(17)5-1-2-6-12/h11H,1-10,17H2. The minimum atomic E-state index is -4.04. The van der Waals surface area contributed by atoms with Crippen molar-refractivity contribution in [2.24, 2.45) is 11.7 Å². The van der Waals surface area contributed by atoms with Crippen molar-refractivity contribution < 1.29 is 13.2 Å². The molecule has 18 heavy (non-hydrogen) atoms. The Morgan fingerprint density at radius 2 is 1.83 bits per heavy atom. The van der Waals surface area contributed by atoms with Crippen LogP contribution in [0.3, 0.4) is 0 Å². The number of likely N-dealkylation sites (tertiary alicyclic amines) is 1. The van der Waals surface area contributed by atoms with Gasteiger partial charge in [-0.25, -0.2) is 0 Å². The molecule has 0 spiro atoms. The van der Waals surface area contributed by atoms with Crippen molar-refractivity contribution in [3.8, 4) is 0 Å². The zero-order valence-corrected chi connectivity index (χ0v) is 10.8. The fourth-order valence-electron chi connectivity index (χ4n) is 3.24. The zero-order valence-electron chi connectivity index (χ0n) is 10.8. The molecule has 1 saturated heterocycles. The first-order valence-electron chi connectivity index (χ1n) is 6.97. The molecule has 0 aromatic rings. The second-order valence-electron chi connectivity index (χ2n) is 6.00. The highest BCUT2D eigenvalue weighted by molar-refractivity contribution is 4.90. The lowest BCUT2D eigenvalue weighted by Crippen LogP contribution is -2.45. The Balaban J connectivity index is 1.79. The molecule has 2 fully saturated rings. The first-order chi connectivity index (χ1) is 8.39. The van der Waals surface area contributed by atoms with Crippen molar-refractivity contribution >= 4 is 0 Å². The van der Waals surface area contributed by atoms with Crippen LogP contribution in [0.5, 0.6) is 0 Å². The molecule has 1 heterocycles. The Morgan fingerprint density at radius 3 is 2.44 bits per heavy atom. The van der Waals surface area contributed by atoms with Gasteiger partial charge in [-0.1, -0.05) is 12.8 Å². The van der Waals surface area contributed by atoms with Crippen LogP contribution < -0.4 is 5.73 Å². The smallest absolute Gasteiger partial charge is 0.325 e. The average molecular weight is 264 g/mol. The summed E-state index contributed by atoms with van der Waals surface area (Å²) in [6.45, 7) is 1.69. The lowest BCUT2D eigenvalue weighted by Gasteiger charge is -2.35. The molecule has 0 radical (unpaired) electrons. The van der Waals surface area contributed by atoms with E-state index in [1.807, 2.05) is 4.90 Å². The maximum absolute atomic E-state index is 12.7. The molecule has 2 N–H and O–H groups in total. The second-order valence-corrected chi connectivity index (χ2v) is 6.00. The number of alkyl halides is 3. The minimum Gasteiger partial charge on any atom is -0.325 e. The topological polar surface area (TPSA) is 29.3 Å². The normalized spacial score (nSPS) is 29.7. The third kappa shape index (κ3) is 3.60. The summed E-state index contributed by atoms with van der Waals surface area (Å²) in [7, 11) is 0. The minimum absolute atomic E-state index is 0.106. The summed E-state index contributed by atoms with van der Waals surface area (Å²) in [5.41, 5.74) is 6.14. The first kappa shape index (κ1) is 14.1. The van der Waals surface area contributed by atoms with E-state index < -0.39 is 12.1 Å². The molecule has 0 aromatic heterocycles. The molecule has 1 aliphatic heterocycles. The summed E-state index contributed by atoms with van der Waals surface area (Å²) >= 11 is 0. The van der Waals surface area contributed by atoms with Crippen molar-refractivity contribution in [2.75, 3.05) is 19.6 Å². The molecule has 2 rings (SSSR count). The van der Waals surface area contributed by atoms with Gasteiger partial charge in [0.05, 0.1) is 5.92 Å². The van der Waals surface area contributed by atoms with Crippen molar-refractivity contribution in [3.05, 3.63) is 0 Å². The highest BCUT2D eigenvalue weighted by atomic mass is 19.4. The highest BCUT2D eigenvalue weighted by Crippen LogP contribution is 2.34. The van der Waals surface area contributed by atoms with E-state index in [4.69, 9.17) is 5.73 Å². The number of hydrogen-bond donors (Lipinski definition) is 1. The summed E-state index contributed by atoms with van der Waals surface area (Å²) in [5, 5.41) is 0. The van der Waals surface area contributed by atoms with Gasteiger partial charge in [0.25, 0.3) is 0 Å². The molecule has 2 aliphatic rings. The van der Waals surface area contributed by atoms with Gasteiger partial charge in [-0.05, 0) is 45.2 Å². The second kappa shape index (κ2) is 5.37. The zero-order chi connectivity index (χ0) is 13.2. The summed E-state index contributed by atoms with van der Waals surface area (Å²) in [4.78, 5) is 1.95. The molecule has 5 heteroatoms. The maximum atomic E-state index is 12.7. The van der Waals surface area contributed by atoms with Gasteiger partial charge in [0.2, 0.25) is 0 Å². The van der Waals surface area contributed by atoms with Crippen LogP contribution in [0.1, 0.15) is 44.9 Å². The third-order valence-corrected chi connectivity index (χ3v) is 4.49. The Kier molecular flexibility index (Phi) is 4.22. The maximum Gasteiger partial charge on any atom is 0.393 e. The quantitative estimate of drug-likeness (QED) is 0.849. The van der Waals surface area contributed by atoms with Crippen LogP contribution in [0.15, 0.2) is 0 Å². The van der Waals surface area contributed by atoms with E-state index in [9.17, 15) is 13.2 Å². The number of nitrogens with zero attached hydrogens (tertiary/aromatic N) is 1. The van der Waals surface area contributed by atoms with E-state index >= 15 is 0 Å². The van der Waals surface area contributed by atoms with Crippen LogP contribution in [0, 0.1) is 5.92 Å². The van der Waals surface area contributed by atoms with Gasteiger partial charge in [0.15, 0.2) is 0 Å². The van der Waals surface area contributed by atoms with Crippen molar-refractivity contribution in [2.45, 2.75) is 56.7 Å². The predicted octanol–water partition coefficient (Wildman–Crippen LogP) is 2.92. The predicted molar refractivity (Wildman–Crippen MR) is 65.2 cm³/mol. The van der Waals surface area contributed by atoms with E-state index in [1.165, 1.54) is 12.8 Å². The summed E-state index contributed by atoms with van der Waals surface area (Å²) in [5.74, 6) is -1.14. The lowest BCUT2D eigenvalue weighted by atomic mass is 9.92. The number of rotatable bonds is 3. The van der Waals surface area contributed by atoms with Gasteiger partial charge < -0.3 is 10.6 Å². The Hall–Kier alpha value is -0.290. The lowest BCUT2D eigenvalue weighted by molar-refractivity contribution is -0.186. The molecule has 1 unspecified atom stereocenters. The molecule has 1 atom stereocenters. The van der Waals surface area contributed by atoms with E-state index in [-0.39, 0.29) is 18.5 Å². The van der Waals surface area contributed by atoms with Gasteiger partial charge in [0, 0.05) is 12.1 Å². The van der Waals surface area contributed by atoms with Crippen LogP contribution in [0.2, 0.25) is 0 Å². The van der Waals surface area contributed by atoms with E-state index in [0.717, 1.165) is 32.4 Å². The van der Waals surface area contributed by atoms with Crippen molar-refractivity contribution in [3.63, 3.8) is 0 Å². The van der Waals surface area contributed by atoms with Crippen LogP contribution in [-0.2, 0) is 0 Å². The van der Waals surface area contributed by atoms with Gasteiger partial charge in [-0.3, -0.25) is 0 Å². The number of piperidine rings is 1. The van der Waals surface area contributed by atoms with Crippen LogP contribution in [-0.4, -0.2) is 36.2 Å². The molecule has 0 bridgehead atoms. The van der Waals surface area contributed by atoms with Gasteiger partial charge in [-0.2, -0.15) is 13.2 Å². The first-order valence-corrected chi connectivity index (χ1v) is 6.97. The van der Waals surface area contributed by atoms with E-state index in [1.54, 1.807) is 0 Å². The van der Waals surface area contributed by atoms with E-state index in [0.29, 0.717) is 6.42 Å². The number of halogens is 3. The Bertz CT molecular complexity index is 272. The van der Waals surface area contributed by atoms with Gasteiger partial charge in [-0.15, -0.1) is 0 Å². The molecule has 1 saturated carbocycles.